The molecule has 2 rings (SSSR count). The molecule has 1 N–H and O–H groups in total. The van der Waals surface area contributed by atoms with E-state index in [0.717, 1.165) is 35.3 Å². The van der Waals surface area contributed by atoms with Crippen LogP contribution < -0.4 is 10.1 Å². The van der Waals surface area contributed by atoms with Gasteiger partial charge in [0.1, 0.15) is 11.6 Å². The average molecular weight is 228 g/mol. The molecule has 0 fully saturated rings. The van der Waals surface area contributed by atoms with Crippen molar-refractivity contribution in [1.82, 2.24) is 4.98 Å². The van der Waals surface area contributed by atoms with Crippen LogP contribution in [0.5, 0.6) is 5.75 Å². The van der Waals surface area contributed by atoms with E-state index in [4.69, 9.17) is 4.74 Å². The number of rotatable bonds is 5. The minimum Gasteiger partial charge on any atom is -0.496 e. The highest BCUT2D eigenvalue weighted by Gasteiger charge is 2.05. The van der Waals surface area contributed by atoms with Crippen molar-refractivity contribution in [3.8, 4) is 5.75 Å². The summed E-state index contributed by atoms with van der Waals surface area (Å²) < 4.78 is 5.34. The van der Waals surface area contributed by atoms with E-state index < -0.39 is 0 Å². The second-order valence-electron chi connectivity index (χ2n) is 3.72. The summed E-state index contributed by atoms with van der Waals surface area (Å²) in [6.07, 6.45) is 4.60. The van der Waals surface area contributed by atoms with E-state index in [1.165, 1.54) is 0 Å². The van der Waals surface area contributed by atoms with Crippen LogP contribution >= 0.6 is 0 Å². The molecular formula is C14H16N2O. The van der Waals surface area contributed by atoms with Gasteiger partial charge in [0.15, 0.2) is 0 Å². The standard InChI is InChI=1S/C14H16N2O/c1-3-4-9-15-14-12-6-5-7-13(17-2)11(12)8-10-16-14/h3,5-8,10H,1,4,9H2,2H3,(H,15,16). The van der Waals surface area contributed by atoms with Crippen molar-refractivity contribution in [2.24, 2.45) is 0 Å². The Hall–Kier alpha value is -2.03. The number of aromatic nitrogens is 1. The first-order valence-electron chi connectivity index (χ1n) is 5.63. The van der Waals surface area contributed by atoms with Crippen LogP contribution in [-0.4, -0.2) is 18.6 Å². The van der Waals surface area contributed by atoms with Crippen molar-refractivity contribution in [3.63, 3.8) is 0 Å². The summed E-state index contributed by atoms with van der Waals surface area (Å²) in [7, 11) is 1.68. The fourth-order valence-electron chi connectivity index (χ4n) is 1.79. The van der Waals surface area contributed by atoms with Crippen molar-refractivity contribution < 1.29 is 4.74 Å². The van der Waals surface area contributed by atoms with Gasteiger partial charge in [-0.3, -0.25) is 0 Å². The summed E-state index contributed by atoms with van der Waals surface area (Å²) in [5.74, 6) is 1.76. The van der Waals surface area contributed by atoms with Crippen molar-refractivity contribution in [2.75, 3.05) is 19.0 Å². The Morgan fingerprint density at radius 1 is 1.35 bits per heavy atom. The number of pyridine rings is 1. The monoisotopic (exact) mass is 228 g/mol. The van der Waals surface area contributed by atoms with Gasteiger partial charge in [0.2, 0.25) is 0 Å². The maximum absolute atomic E-state index is 5.34. The number of anilines is 1. The molecule has 3 nitrogen and oxygen atoms in total. The molecule has 0 radical (unpaired) electrons. The Labute approximate surface area is 101 Å². The number of ether oxygens (including phenoxy) is 1. The molecule has 1 aromatic heterocycles. The van der Waals surface area contributed by atoms with Crippen LogP contribution in [0.25, 0.3) is 10.8 Å². The Kier molecular flexibility index (Phi) is 3.60. The molecule has 88 valence electrons. The second kappa shape index (κ2) is 5.34. The van der Waals surface area contributed by atoms with Gasteiger partial charge in [0, 0.05) is 23.5 Å². The predicted molar refractivity (Wildman–Crippen MR) is 71.6 cm³/mol. The summed E-state index contributed by atoms with van der Waals surface area (Å²) in [6, 6.07) is 7.94. The Morgan fingerprint density at radius 2 is 2.24 bits per heavy atom. The van der Waals surface area contributed by atoms with Crippen LogP contribution in [0.1, 0.15) is 6.42 Å². The summed E-state index contributed by atoms with van der Waals surface area (Å²) in [4.78, 5) is 4.35. The SMILES string of the molecule is C=CCCNc1nccc2c(OC)cccc12. The van der Waals surface area contributed by atoms with Gasteiger partial charge in [-0.25, -0.2) is 4.98 Å². The van der Waals surface area contributed by atoms with Crippen molar-refractivity contribution >= 4 is 16.6 Å². The lowest BCUT2D eigenvalue weighted by Gasteiger charge is -2.10. The zero-order chi connectivity index (χ0) is 12.1. The number of methoxy groups -OCH3 is 1. The Morgan fingerprint density at radius 3 is 3.00 bits per heavy atom. The first-order chi connectivity index (χ1) is 8.36. The lowest BCUT2D eigenvalue weighted by Crippen LogP contribution is -2.02. The third-order valence-electron chi connectivity index (χ3n) is 2.63. The number of nitrogens with one attached hydrogen (secondary N) is 1. The zero-order valence-electron chi connectivity index (χ0n) is 9.94. The number of benzene rings is 1. The molecule has 0 bridgehead atoms. The highest BCUT2D eigenvalue weighted by Crippen LogP contribution is 2.28. The Bertz CT molecular complexity index is 523. The second-order valence-corrected chi connectivity index (χ2v) is 3.72. The predicted octanol–water partition coefficient (Wildman–Crippen LogP) is 3.23. The van der Waals surface area contributed by atoms with Gasteiger partial charge in [-0.05, 0) is 18.6 Å². The molecule has 0 unspecified atom stereocenters. The molecular weight excluding hydrogens is 212 g/mol. The van der Waals surface area contributed by atoms with E-state index in [1.807, 2.05) is 30.3 Å². The first kappa shape index (κ1) is 11.5. The van der Waals surface area contributed by atoms with Crippen LogP contribution in [0, 0.1) is 0 Å². The molecule has 0 spiro atoms. The van der Waals surface area contributed by atoms with Gasteiger partial charge < -0.3 is 10.1 Å². The lowest BCUT2D eigenvalue weighted by molar-refractivity contribution is 0.420. The van der Waals surface area contributed by atoms with E-state index in [-0.39, 0.29) is 0 Å². The van der Waals surface area contributed by atoms with Gasteiger partial charge in [-0.2, -0.15) is 0 Å². The fraction of sp³-hybridized carbons (Fsp3) is 0.214. The van der Waals surface area contributed by atoms with Gasteiger partial charge in [-0.15, -0.1) is 6.58 Å². The minimum atomic E-state index is 0.840. The van der Waals surface area contributed by atoms with Crippen LogP contribution in [-0.2, 0) is 0 Å². The molecule has 0 aliphatic rings. The first-order valence-corrected chi connectivity index (χ1v) is 5.63. The summed E-state index contributed by atoms with van der Waals surface area (Å²) >= 11 is 0. The van der Waals surface area contributed by atoms with E-state index in [2.05, 4.69) is 16.9 Å². The Balaban J connectivity index is 2.39. The van der Waals surface area contributed by atoms with Gasteiger partial charge in [0.05, 0.1) is 7.11 Å². The normalized spacial score (nSPS) is 10.2. The van der Waals surface area contributed by atoms with E-state index in [1.54, 1.807) is 13.3 Å². The maximum Gasteiger partial charge on any atom is 0.133 e. The van der Waals surface area contributed by atoms with Gasteiger partial charge in [0.25, 0.3) is 0 Å². The molecule has 0 saturated carbocycles. The summed E-state index contributed by atoms with van der Waals surface area (Å²) in [5.41, 5.74) is 0. The minimum absolute atomic E-state index is 0.840. The molecule has 0 amide bonds. The highest BCUT2D eigenvalue weighted by atomic mass is 16.5. The molecule has 17 heavy (non-hydrogen) atoms. The van der Waals surface area contributed by atoms with Crippen LogP contribution in [0.4, 0.5) is 5.82 Å². The molecule has 0 aliphatic carbocycles. The quantitative estimate of drug-likeness (QED) is 0.630. The van der Waals surface area contributed by atoms with E-state index in [9.17, 15) is 0 Å². The van der Waals surface area contributed by atoms with Crippen LogP contribution in [0.2, 0.25) is 0 Å². The third kappa shape index (κ3) is 2.38. The topological polar surface area (TPSA) is 34.2 Å². The van der Waals surface area contributed by atoms with Crippen molar-refractivity contribution in [1.29, 1.82) is 0 Å². The van der Waals surface area contributed by atoms with Crippen LogP contribution in [0.15, 0.2) is 43.1 Å². The summed E-state index contributed by atoms with van der Waals surface area (Å²) in [6.45, 7) is 4.54. The molecule has 0 aliphatic heterocycles. The smallest absolute Gasteiger partial charge is 0.133 e. The molecule has 0 atom stereocenters. The fourth-order valence-corrected chi connectivity index (χ4v) is 1.79. The number of nitrogens with zero attached hydrogens (tertiary/aromatic N) is 1. The van der Waals surface area contributed by atoms with Crippen molar-refractivity contribution in [2.45, 2.75) is 6.42 Å². The molecule has 2 aromatic rings. The van der Waals surface area contributed by atoms with E-state index >= 15 is 0 Å². The molecule has 1 aromatic carbocycles. The lowest BCUT2D eigenvalue weighted by atomic mass is 10.1. The highest BCUT2D eigenvalue weighted by molar-refractivity contribution is 5.95. The van der Waals surface area contributed by atoms with E-state index in [0.29, 0.717) is 0 Å². The van der Waals surface area contributed by atoms with Crippen molar-refractivity contribution in [3.05, 3.63) is 43.1 Å². The maximum atomic E-state index is 5.34. The zero-order valence-corrected chi connectivity index (χ0v) is 9.94. The van der Waals surface area contributed by atoms with Crippen LogP contribution in [0.3, 0.4) is 0 Å². The van der Waals surface area contributed by atoms with Gasteiger partial charge in [-0.1, -0.05) is 18.2 Å². The number of fused-ring (bicyclic) bond motifs is 1. The van der Waals surface area contributed by atoms with Gasteiger partial charge >= 0.3 is 0 Å². The third-order valence-corrected chi connectivity index (χ3v) is 2.63. The summed E-state index contributed by atoms with van der Waals surface area (Å²) in [5, 5.41) is 5.46. The average Bonchev–Trinajstić information content (AvgIpc) is 2.38. The number of hydrogen-bond acceptors (Lipinski definition) is 3. The largest absolute Gasteiger partial charge is 0.496 e. The molecule has 0 saturated heterocycles. The number of hydrogen-bond donors (Lipinski definition) is 1. The molecule has 1 heterocycles. The molecule has 3 heteroatoms.